The lowest BCUT2D eigenvalue weighted by molar-refractivity contribution is -0.138. The van der Waals surface area contributed by atoms with Crippen molar-refractivity contribution in [1.82, 2.24) is 14.7 Å². The first-order chi connectivity index (χ1) is 15.5. The Morgan fingerprint density at radius 1 is 0.938 bits per heavy atom. The number of hydrogen-bond donors (Lipinski definition) is 0. The van der Waals surface area contributed by atoms with Crippen LogP contribution in [0, 0.1) is 0 Å². The molecule has 0 spiro atoms. The summed E-state index contributed by atoms with van der Waals surface area (Å²) in [6.45, 7) is 5.01. The molecule has 2 heterocycles. The van der Waals surface area contributed by atoms with Gasteiger partial charge >= 0.3 is 0 Å². The minimum Gasteiger partial charge on any atom is -0.335 e. The van der Waals surface area contributed by atoms with Crippen molar-refractivity contribution in [3.05, 3.63) is 42.0 Å². The van der Waals surface area contributed by atoms with Gasteiger partial charge in [0.15, 0.2) is 9.84 Å². The number of piperazine rings is 1. The number of hydrogen-bond acceptors (Lipinski definition) is 5. The minimum absolute atomic E-state index is 0.125. The van der Waals surface area contributed by atoms with Crippen LogP contribution in [-0.4, -0.2) is 91.9 Å². The van der Waals surface area contributed by atoms with Crippen molar-refractivity contribution in [3.8, 4) is 0 Å². The number of nitrogens with zero attached hydrogens (tertiary/aromatic N) is 3. The number of carbonyl (C=O) groups is 1. The van der Waals surface area contributed by atoms with Crippen LogP contribution in [0.2, 0.25) is 0 Å². The SMILES string of the molecule is O=C(CN1CCN(CC=Cc2ccccc2)CC1)N(C1CCCCC1)C1CCS(=O)(=O)C1. The Kier molecular flexibility index (Phi) is 8.02. The molecule has 1 saturated carbocycles. The highest BCUT2D eigenvalue weighted by Crippen LogP contribution is 2.28. The summed E-state index contributed by atoms with van der Waals surface area (Å²) in [5.74, 6) is 0.511. The first-order valence-electron chi connectivity index (χ1n) is 12.2. The van der Waals surface area contributed by atoms with Gasteiger partial charge in [0, 0.05) is 44.8 Å². The predicted octanol–water partition coefficient (Wildman–Crippen LogP) is 2.67. The van der Waals surface area contributed by atoms with Crippen LogP contribution >= 0.6 is 0 Å². The van der Waals surface area contributed by atoms with E-state index in [4.69, 9.17) is 0 Å². The summed E-state index contributed by atoms with van der Waals surface area (Å²) < 4.78 is 24.2. The maximum Gasteiger partial charge on any atom is 0.237 e. The maximum atomic E-state index is 13.4. The Morgan fingerprint density at radius 2 is 1.62 bits per heavy atom. The quantitative estimate of drug-likeness (QED) is 0.627. The molecular weight excluding hydrogens is 422 g/mol. The normalized spacial score (nSPS) is 25.3. The first kappa shape index (κ1) is 23.5. The third-order valence-corrected chi connectivity index (χ3v) is 8.91. The molecule has 2 saturated heterocycles. The summed E-state index contributed by atoms with van der Waals surface area (Å²) in [6, 6.07) is 10.4. The van der Waals surface area contributed by atoms with Crippen molar-refractivity contribution in [2.24, 2.45) is 0 Å². The largest absolute Gasteiger partial charge is 0.335 e. The highest BCUT2D eigenvalue weighted by atomic mass is 32.2. The van der Waals surface area contributed by atoms with E-state index in [2.05, 4.69) is 34.1 Å². The smallest absolute Gasteiger partial charge is 0.237 e. The van der Waals surface area contributed by atoms with E-state index >= 15 is 0 Å². The van der Waals surface area contributed by atoms with Crippen LogP contribution in [0.4, 0.5) is 0 Å². The van der Waals surface area contributed by atoms with Gasteiger partial charge < -0.3 is 4.90 Å². The number of sulfone groups is 1. The lowest BCUT2D eigenvalue weighted by Gasteiger charge is -2.40. The molecule has 0 N–H and O–H groups in total. The van der Waals surface area contributed by atoms with E-state index < -0.39 is 9.84 Å². The van der Waals surface area contributed by atoms with E-state index in [0.29, 0.717) is 13.0 Å². The highest BCUT2D eigenvalue weighted by molar-refractivity contribution is 7.91. The number of carbonyl (C=O) groups excluding carboxylic acids is 1. The zero-order valence-corrected chi connectivity index (χ0v) is 19.9. The molecule has 0 radical (unpaired) electrons. The molecule has 1 unspecified atom stereocenters. The van der Waals surface area contributed by atoms with Crippen LogP contribution in [-0.2, 0) is 14.6 Å². The van der Waals surface area contributed by atoms with E-state index in [1.807, 2.05) is 23.1 Å². The average Bonchev–Trinajstić information content (AvgIpc) is 3.15. The summed E-state index contributed by atoms with van der Waals surface area (Å²) in [7, 11) is -3.00. The molecule has 0 aromatic heterocycles. The molecule has 2 aliphatic heterocycles. The molecule has 32 heavy (non-hydrogen) atoms. The van der Waals surface area contributed by atoms with Gasteiger partial charge in [-0.1, -0.05) is 61.7 Å². The monoisotopic (exact) mass is 459 g/mol. The zero-order chi connectivity index (χ0) is 22.4. The average molecular weight is 460 g/mol. The lowest BCUT2D eigenvalue weighted by Crippen LogP contribution is -2.54. The fourth-order valence-corrected chi connectivity index (χ4v) is 7.08. The Labute approximate surface area is 193 Å². The second-order valence-electron chi connectivity index (χ2n) is 9.54. The Morgan fingerprint density at radius 3 is 2.28 bits per heavy atom. The standard InChI is InChI=1S/C25H37N3O3S/c29-25(28(23-11-5-2-6-12-23)24-13-19-32(30,31)21-24)20-27-17-15-26(16-18-27)14-7-10-22-8-3-1-4-9-22/h1,3-4,7-10,23-24H,2,5-6,11-21H2. The summed E-state index contributed by atoms with van der Waals surface area (Å²) in [5.41, 5.74) is 1.22. The van der Waals surface area contributed by atoms with E-state index in [9.17, 15) is 13.2 Å². The van der Waals surface area contributed by atoms with Gasteiger partial charge in [-0.15, -0.1) is 0 Å². The lowest BCUT2D eigenvalue weighted by atomic mass is 9.92. The maximum absolute atomic E-state index is 13.4. The van der Waals surface area contributed by atoms with Gasteiger partial charge in [-0.05, 0) is 24.8 Å². The van der Waals surface area contributed by atoms with Crippen LogP contribution in [0.25, 0.3) is 6.08 Å². The Balaban J connectivity index is 1.28. The van der Waals surface area contributed by atoms with Crippen LogP contribution < -0.4 is 0 Å². The van der Waals surface area contributed by atoms with Crippen molar-refractivity contribution >= 4 is 21.8 Å². The van der Waals surface area contributed by atoms with E-state index in [0.717, 1.165) is 58.4 Å². The molecule has 3 fully saturated rings. The number of benzene rings is 1. The number of rotatable bonds is 7. The van der Waals surface area contributed by atoms with Crippen LogP contribution in [0.3, 0.4) is 0 Å². The molecule has 1 aromatic rings. The van der Waals surface area contributed by atoms with E-state index in [1.54, 1.807) is 0 Å². The number of amides is 1. The van der Waals surface area contributed by atoms with Crippen molar-refractivity contribution in [2.75, 3.05) is 50.8 Å². The topological polar surface area (TPSA) is 60.9 Å². The van der Waals surface area contributed by atoms with Crippen molar-refractivity contribution in [2.45, 2.75) is 50.6 Å². The second kappa shape index (κ2) is 10.9. The molecule has 1 aliphatic carbocycles. The van der Waals surface area contributed by atoms with Crippen LogP contribution in [0.15, 0.2) is 36.4 Å². The molecule has 4 rings (SSSR count). The summed E-state index contributed by atoms with van der Waals surface area (Å²) >= 11 is 0. The van der Waals surface area contributed by atoms with Crippen LogP contribution in [0.1, 0.15) is 44.1 Å². The first-order valence-corrected chi connectivity index (χ1v) is 14.0. The van der Waals surface area contributed by atoms with Gasteiger partial charge in [-0.25, -0.2) is 8.42 Å². The van der Waals surface area contributed by atoms with E-state index in [-0.39, 0.29) is 29.5 Å². The van der Waals surface area contributed by atoms with Crippen molar-refractivity contribution in [1.29, 1.82) is 0 Å². The third-order valence-electron chi connectivity index (χ3n) is 7.16. The Bertz CT molecular complexity index is 873. The molecule has 7 heteroatoms. The molecule has 1 aromatic carbocycles. The molecule has 1 amide bonds. The Hall–Kier alpha value is -1.70. The fourth-order valence-electron chi connectivity index (χ4n) is 5.36. The van der Waals surface area contributed by atoms with Gasteiger partial charge in [0.1, 0.15) is 0 Å². The van der Waals surface area contributed by atoms with Gasteiger partial charge in [-0.2, -0.15) is 0 Å². The summed E-state index contributed by atoms with van der Waals surface area (Å²) in [6.07, 6.45) is 10.5. The van der Waals surface area contributed by atoms with Crippen molar-refractivity contribution in [3.63, 3.8) is 0 Å². The second-order valence-corrected chi connectivity index (χ2v) is 11.8. The molecule has 176 valence electrons. The molecule has 6 nitrogen and oxygen atoms in total. The predicted molar refractivity (Wildman–Crippen MR) is 129 cm³/mol. The molecule has 0 bridgehead atoms. The zero-order valence-electron chi connectivity index (χ0n) is 19.1. The van der Waals surface area contributed by atoms with Gasteiger partial charge in [0.05, 0.1) is 18.1 Å². The van der Waals surface area contributed by atoms with Gasteiger partial charge in [0.2, 0.25) is 5.91 Å². The summed E-state index contributed by atoms with van der Waals surface area (Å²) in [4.78, 5) is 20.1. The van der Waals surface area contributed by atoms with E-state index in [1.165, 1.54) is 12.0 Å². The van der Waals surface area contributed by atoms with Gasteiger partial charge in [0.25, 0.3) is 0 Å². The van der Waals surface area contributed by atoms with Crippen LogP contribution in [0.5, 0.6) is 0 Å². The molecule has 3 aliphatic rings. The minimum atomic E-state index is -3.00. The highest BCUT2D eigenvalue weighted by Gasteiger charge is 2.38. The van der Waals surface area contributed by atoms with Gasteiger partial charge in [-0.3, -0.25) is 14.6 Å². The molecular formula is C25H37N3O3S. The third kappa shape index (κ3) is 6.42. The fraction of sp³-hybridized carbons (Fsp3) is 0.640. The molecule has 1 atom stereocenters. The summed E-state index contributed by atoms with van der Waals surface area (Å²) in [5, 5.41) is 0. The van der Waals surface area contributed by atoms with Crippen molar-refractivity contribution < 1.29 is 13.2 Å².